The van der Waals surface area contributed by atoms with Crippen LogP contribution in [0.2, 0.25) is 0 Å². The molecule has 0 aromatic heterocycles. The van der Waals surface area contributed by atoms with Crippen LogP contribution in [0.1, 0.15) is 46.6 Å². The van der Waals surface area contributed by atoms with Crippen molar-refractivity contribution >= 4 is 12.0 Å². The Balaban J connectivity index is 1.56. The van der Waals surface area contributed by atoms with Gasteiger partial charge in [0.25, 0.3) is 0 Å². The molecule has 36 heavy (non-hydrogen) atoms. The molecule has 4 atom stereocenters. The van der Waals surface area contributed by atoms with Gasteiger partial charge >= 0.3 is 6.09 Å². The van der Waals surface area contributed by atoms with E-state index >= 15 is 0 Å². The number of nitriles is 1. The summed E-state index contributed by atoms with van der Waals surface area (Å²) in [5.41, 5.74) is -0.126. The molecule has 198 valence electrons. The van der Waals surface area contributed by atoms with Gasteiger partial charge in [-0.15, -0.1) is 0 Å². The topological polar surface area (TPSA) is 117 Å². The average molecular weight is 501 g/mol. The predicted octanol–water partition coefficient (Wildman–Crippen LogP) is 2.88. The summed E-state index contributed by atoms with van der Waals surface area (Å²) in [6, 6.07) is 8.15. The molecular formula is C27H40N4O5. The molecule has 9 nitrogen and oxygen atoms in total. The first kappa shape index (κ1) is 27.8. The van der Waals surface area contributed by atoms with Gasteiger partial charge in [-0.05, 0) is 69.2 Å². The molecule has 2 aliphatic heterocycles. The Hall–Kier alpha value is -2.83. The van der Waals surface area contributed by atoms with Crippen LogP contribution in [0.3, 0.4) is 0 Å². The standard InChI is InChI=1S/C27H40N4O5/c1-18(2)24(31(26(34)35)27(3,4)5)25(33)30-14-20-10-21(15-30)13-29(12-20)16-22(32)17-36-23-8-6-19(11-28)7-9-23/h6-9,18,20-22,24,32H,10,12-17H2,1-5H3,(H,34,35)/t20?,21?,22-,24-/m0/s1. The Morgan fingerprint density at radius 3 is 2.19 bits per heavy atom. The molecule has 2 heterocycles. The summed E-state index contributed by atoms with van der Waals surface area (Å²) < 4.78 is 5.68. The number of β-amino-alcohol motifs (C(OH)–C–C–N with tert-alkyl or cyclic N) is 1. The number of hydrogen-bond donors (Lipinski definition) is 2. The quantitative estimate of drug-likeness (QED) is 0.564. The summed E-state index contributed by atoms with van der Waals surface area (Å²) in [4.78, 5) is 31.1. The van der Waals surface area contributed by atoms with Crippen molar-refractivity contribution in [1.82, 2.24) is 14.7 Å². The zero-order valence-electron chi connectivity index (χ0n) is 22.1. The Kier molecular flexibility index (Phi) is 8.85. The smallest absolute Gasteiger partial charge is 0.408 e. The average Bonchev–Trinajstić information content (AvgIpc) is 2.79. The maximum atomic E-state index is 13.6. The molecule has 2 bridgehead atoms. The van der Waals surface area contributed by atoms with Crippen LogP contribution >= 0.6 is 0 Å². The van der Waals surface area contributed by atoms with Gasteiger partial charge in [0.15, 0.2) is 0 Å². The lowest BCUT2D eigenvalue weighted by Gasteiger charge is -2.48. The minimum absolute atomic E-state index is 0.110. The van der Waals surface area contributed by atoms with Crippen molar-refractivity contribution in [3.05, 3.63) is 29.8 Å². The summed E-state index contributed by atoms with van der Waals surface area (Å²) in [6.07, 6.45) is -0.694. The van der Waals surface area contributed by atoms with E-state index in [-0.39, 0.29) is 30.3 Å². The second kappa shape index (κ2) is 11.5. The molecule has 1 aromatic carbocycles. The molecule has 0 spiro atoms. The van der Waals surface area contributed by atoms with Crippen molar-refractivity contribution < 1.29 is 24.5 Å². The number of likely N-dealkylation sites (tertiary alicyclic amines) is 2. The van der Waals surface area contributed by atoms with Crippen LogP contribution in [-0.2, 0) is 4.79 Å². The second-order valence-corrected chi connectivity index (χ2v) is 11.5. The number of nitrogens with zero attached hydrogens (tertiary/aromatic N) is 4. The molecule has 1 aromatic rings. The lowest BCUT2D eigenvalue weighted by molar-refractivity contribution is -0.144. The molecule has 2 saturated heterocycles. The number of amides is 2. The van der Waals surface area contributed by atoms with E-state index in [9.17, 15) is 19.8 Å². The fourth-order valence-corrected chi connectivity index (χ4v) is 5.59. The summed E-state index contributed by atoms with van der Waals surface area (Å²) in [5.74, 6) is 0.935. The van der Waals surface area contributed by atoms with E-state index in [1.54, 1.807) is 24.3 Å². The molecule has 2 unspecified atom stereocenters. The largest absolute Gasteiger partial charge is 0.491 e. The minimum atomic E-state index is -1.07. The van der Waals surface area contributed by atoms with E-state index < -0.39 is 23.8 Å². The molecule has 9 heteroatoms. The number of aliphatic hydroxyl groups is 1. The maximum Gasteiger partial charge on any atom is 0.408 e. The highest BCUT2D eigenvalue weighted by molar-refractivity contribution is 5.86. The molecule has 0 saturated carbocycles. The molecular weight excluding hydrogens is 460 g/mol. The van der Waals surface area contributed by atoms with Crippen molar-refractivity contribution in [2.24, 2.45) is 17.8 Å². The third-order valence-electron chi connectivity index (χ3n) is 6.95. The molecule has 3 rings (SSSR count). The highest BCUT2D eigenvalue weighted by Gasteiger charge is 2.44. The van der Waals surface area contributed by atoms with E-state index in [4.69, 9.17) is 10.00 Å². The van der Waals surface area contributed by atoms with Crippen LogP contribution in [0, 0.1) is 29.1 Å². The van der Waals surface area contributed by atoms with Gasteiger partial charge in [-0.3, -0.25) is 14.6 Å². The highest BCUT2D eigenvalue weighted by atomic mass is 16.5. The van der Waals surface area contributed by atoms with Crippen molar-refractivity contribution in [3.8, 4) is 11.8 Å². The summed E-state index contributed by atoms with van der Waals surface area (Å²) in [7, 11) is 0. The number of carbonyl (C=O) groups excluding carboxylic acids is 1. The van der Waals surface area contributed by atoms with Gasteiger partial charge < -0.3 is 19.8 Å². The van der Waals surface area contributed by atoms with Gasteiger partial charge in [0.2, 0.25) is 5.91 Å². The van der Waals surface area contributed by atoms with Crippen molar-refractivity contribution in [3.63, 3.8) is 0 Å². The number of carbonyl (C=O) groups is 2. The van der Waals surface area contributed by atoms with Crippen molar-refractivity contribution in [1.29, 1.82) is 5.26 Å². The van der Waals surface area contributed by atoms with Crippen LogP contribution in [0.15, 0.2) is 24.3 Å². The van der Waals surface area contributed by atoms with Crippen LogP contribution in [0.25, 0.3) is 0 Å². The lowest BCUT2D eigenvalue weighted by atomic mass is 9.83. The first-order valence-corrected chi connectivity index (χ1v) is 12.7. The third kappa shape index (κ3) is 6.89. The van der Waals surface area contributed by atoms with Crippen LogP contribution in [0.4, 0.5) is 4.79 Å². The number of rotatable bonds is 8. The predicted molar refractivity (Wildman–Crippen MR) is 136 cm³/mol. The summed E-state index contributed by atoms with van der Waals surface area (Å²) in [5, 5.41) is 29.3. The van der Waals surface area contributed by atoms with Gasteiger partial charge in [-0.25, -0.2) is 4.79 Å². The molecule has 2 N–H and O–H groups in total. The van der Waals surface area contributed by atoms with Crippen molar-refractivity contribution in [2.75, 3.05) is 39.3 Å². The van der Waals surface area contributed by atoms with E-state index in [0.29, 0.717) is 30.9 Å². The number of ether oxygens (including phenoxy) is 1. The lowest BCUT2D eigenvalue weighted by Crippen LogP contribution is -2.62. The number of piperidine rings is 2. The Labute approximate surface area is 214 Å². The molecule has 2 aliphatic rings. The van der Waals surface area contributed by atoms with Crippen molar-refractivity contribution in [2.45, 2.75) is 58.7 Å². The molecule has 2 fully saturated rings. The van der Waals surface area contributed by atoms with Gasteiger partial charge in [-0.2, -0.15) is 5.26 Å². The molecule has 2 amide bonds. The number of aliphatic hydroxyl groups excluding tert-OH is 1. The number of benzene rings is 1. The van der Waals surface area contributed by atoms with E-state index in [0.717, 1.165) is 19.5 Å². The monoisotopic (exact) mass is 500 g/mol. The Morgan fingerprint density at radius 2 is 1.72 bits per heavy atom. The fourth-order valence-electron chi connectivity index (χ4n) is 5.59. The highest BCUT2D eigenvalue weighted by Crippen LogP contribution is 2.31. The van der Waals surface area contributed by atoms with E-state index in [1.165, 1.54) is 4.90 Å². The van der Waals surface area contributed by atoms with Crippen LogP contribution in [0.5, 0.6) is 5.75 Å². The Morgan fingerprint density at radius 1 is 1.14 bits per heavy atom. The maximum absolute atomic E-state index is 13.6. The van der Waals surface area contributed by atoms with Crippen LogP contribution < -0.4 is 4.74 Å². The first-order chi connectivity index (χ1) is 16.9. The zero-order chi connectivity index (χ0) is 26.6. The zero-order valence-corrected chi connectivity index (χ0v) is 22.1. The SMILES string of the molecule is CC(C)[C@@H](C(=O)N1CC2CC(CN(C[C@H](O)COc3ccc(C#N)cc3)C2)C1)N(C(=O)O)C(C)(C)C. The van der Waals surface area contributed by atoms with Gasteiger partial charge in [-0.1, -0.05) is 13.8 Å². The number of hydrogen-bond acceptors (Lipinski definition) is 6. The minimum Gasteiger partial charge on any atom is -0.491 e. The second-order valence-electron chi connectivity index (χ2n) is 11.5. The van der Waals surface area contributed by atoms with Crippen LogP contribution in [-0.4, -0.2) is 93.9 Å². The van der Waals surface area contributed by atoms with Gasteiger partial charge in [0, 0.05) is 38.3 Å². The van der Waals surface area contributed by atoms with E-state index in [2.05, 4.69) is 11.0 Å². The van der Waals surface area contributed by atoms with Gasteiger partial charge in [0.1, 0.15) is 24.5 Å². The Bertz CT molecular complexity index is 938. The summed E-state index contributed by atoms with van der Waals surface area (Å²) in [6.45, 7) is 12.7. The number of fused-ring (bicyclic) bond motifs is 2. The fraction of sp³-hybridized carbons (Fsp3) is 0.667. The normalized spacial score (nSPS) is 22.0. The van der Waals surface area contributed by atoms with Gasteiger partial charge in [0.05, 0.1) is 11.6 Å². The molecule has 0 aliphatic carbocycles. The third-order valence-corrected chi connectivity index (χ3v) is 6.95. The molecule has 0 radical (unpaired) electrons. The number of carboxylic acid groups (broad SMARTS) is 1. The van der Waals surface area contributed by atoms with E-state index in [1.807, 2.05) is 39.5 Å². The summed E-state index contributed by atoms with van der Waals surface area (Å²) >= 11 is 0. The first-order valence-electron chi connectivity index (χ1n) is 12.7.